The van der Waals surface area contributed by atoms with Gasteiger partial charge in [-0.3, -0.25) is 9.69 Å². The molecular weight excluding hydrogens is 374 g/mol. The van der Waals surface area contributed by atoms with Crippen molar-refractivity contribution in [2.24, 2.45) is 0 Å². The van der Waals surface area contributed by atoms with Gasteiger partial charge in [0.05, 0.1) is 4.90 Å². The first-order chi connectivity index (χ1) is 13.5. The molecule has 4 rings (SSSR count). The van der Waals surface area contributed by atoms with Crippen molar-refractivity contribution in [3.63, 3.8) is 0 Å². The van der Waals surface area contributed by atoms with Crippen molar-refractivity contribution in [3.8, 4) is 0 Å². The van der Waals surface area contributed by atoms with Crippen LogP contribution in [0, 0.1) is 0 Å². The van der Waals surface area contributed by atoms with Crippen molar-refractivity contribution in [3.05, 3.63) is 29.8 Å². The van der Waals surface area contributed by atoms with Crippen molar-refractivity contribution in [1.29, 1.82) is 0 Å². The van der Waals surface area contributed by atoms with E-state index in [1.165, 1.54) is 12.8 Å². The van der Waals surface area contributed by atoms with Gasteiger partial charge in [-0.25, -0.2) is 8.42 Å². The Morgan fingerprint density at radius 1 is 1.00 bits per heavy atom. The summed E-state index contributed by atoms with van der Waals surface area (Å²) >= 11 is 0. The summed E-state index contributed by atoms with van der Waals surface area (Å²) in [6, 6.07) is 8.10. The third-order valence-electron chi connectivity index (χ3n) is 6.16. The molecule has 6 nitrogen and oxygen atoms in total. The summed E-state index contributed by atoms with van der Waals surface area (Å²) < 4.78 is 27.0. The molecule has 0 bridgehead atoms. The maximum Gasteiger partial charge on any atom is 0.243 e. The highest BCUT2D eigenvalue weighted by Crippen LogP contribution is 2.29. The molecule has 3 fully saturated rings. The second kappa shape index (κ2) is 8.51. The number of nitrogens with zero attached hydrogens (tertiary/aromatic N) is 2. The summed E-state index contributed by atoms with van der Waals surface area (Å²) in [6.45, 7) is 3.31. The molecule has 154 valence electrons. The Hall–Kier alpha value is -1.44. The summed E-state index contributed by atoms with van der Waals surface area (Å²) in [5.74, 6) is 0.0904. The third-order valence-corrected chi connectivity index (χ3v) is 8.08. The summed E-state index contributed by atoms with van der Waals surface area (Å²) in [7, 11) is -3.38. The van der Waals surface area contributed by atoms with Gasteiger partial charge in [0.1, 0.15) is 0 Å². The number of sulfonamides is 1. The van der Waals surface area contributed by atoms with Crippen molar-refractivity contribution in [2.45, 2.75) is 68.3 Å². The molecule has 3 aliphatic rings. The fraction of sp³-hybridized carbons (Fsp3) is 0.667. The zero-order chi connectivity index (χ0) is 19.6. The standard InChI is InChI=1S/C21H31N3O3S/c25-21(22-18-12-15-23(16-18)19-7-8-19)11-6-17-4-9-20(10-5-17)28(26,27)24-13-2-1-3-14-24/h4-5,9-10,18-19H,1-3,6-8,11-16H2,(H,22,25). The molecule has 1 unspecified atom stereocenters. The number of aryl methyl sites for hydroxylation is 1. The second-order valence-electron chi connectivity index (χ2n) is 8.39. The van der Waals surface area contributed by atoms with Gasteiger partial charge in [-0.05, 0) is 56.2 Å². The minimum atomic E-state index is -3.38. The van der Waals surface area contributed by atoms with Gasteiger partial charge >= 0.3 is 0 Å². The fourth-order valence-corrected chi connectivity index (χ4v) is 5.83. The van der Waals surface area contributed by atoms with Crippen LogP contribution in [0.25, 0.3) is 0 Å². The van der Waals surface area contributed by atoms with Gasteiger partial charge in [-0.1, -0.05) is 18.6 Å². The number of nitrogens with one attached hydrogen (secondary N) is 1. The molecule has 2 heterocycles. The van der Waals surface area contributed by atoms with Crippen LogP contribution < -0.4 is 5.32 Å². The van der Waals surface area contributed by atoms with Crippen LogP contribution >= 0.6 is 0 Å². The van der Waals surface area contributed by atoms with Crippen molar-refractivity contribution >= 4 is 15.9 Å². The summed E-state index contributed by atoms with van der Waals surface area (Å²) in [4.78, 5) is 15.1. The minimum Gasteiger partial charge on any atom is -0.352 e. The van der Waals surface area contributed by atoms with Crippen LogP contribution in [0.2, 0.25) is 0 Å². The molecule has 0 radical (unpaired) electrons. The highest BCUT2D eigenvalue weighted by molar-refractivity contribution is 7.89. The smallest absolute Gasteiger partial charge is 0.243 e. The monoisotopic (exact) mass is 405 g/mol. The van der Waals surface area contributed by atoms with Crippen LogP contribution in [0.1, 0.15) is 50.5 Å². The zero-order valence-electron chi connectivity index (χ0n) is 16.5. The Kier molecular flexibility index (Phi) is 6.04. The molecule has 1 aromatic carbocycles. The van der Waals surface area contributed by atoms with Crippen molar-refractivity contribution < 1.29 is 13.2 Å². The van der Waals surface area contributed by atoms with Crippen molar-refractivity contribution in [1.82, 2.24) is 14.5 Å². The van der Waals surface area contributed by atoms with Crippen LogP contribution in [-0.4, -0.2) is 61.8 Å². The van der Waals surface area contributed by atoms with Gasteiger partial charge in [0.2, 0.25) is 15.9 Å². The van der Waals surface area contributed by atoms with Crippen LogP contribution in [0.4, 0.5) is 0 Å². The molecular formula is C21H31N3O3S. The minimum absolute atomic E-state index is 0.0904. The first-order valence-electron chi connectivity index (χ1n) is 10.6. The first-order valence-corrected chi connectivity index (χ1v) is 12.1. The molecule has 7 heteroatoms. The first kappa shape index (κ1) is 19.9. The lowest BCUT2D eigenvalue weighted by molar-refractivity contribution is -0.121. The normalized spacial score (nSPS) is 24.4. The lowest BCUT2D eigenvalue weighted by atomic mass is 10.1. The maximum atomic E-state index is 12.7. The summed E-state index contributed by atoms with van der Waals surface area (Å²) in [5, 5.41) is 3.16. The SMILES string of the molecule is O=C(CCc1ccc(S(=O)(=O)N2CCCCC2)cc1)NC1CCN(C2CC2)C1. The molecule has 1 aromatic rings. The number of benzene rings is 1. The van der Waals surface area contributed by atoms with E-state index in [2.05, 4.69) is 10.2 Å². The molecule has 1 aliphatic carbocycles. The molecule has 2 aliphatic heterocycles. The van der Waals surface area contributed by atoms with Crippen LogP contribution in [0.5, 0.6) is 0 Å². The van der Waals surface area contributed by atoms with Crippen LogP contribution in [-0.2, 0) is 21.2 Å². The molecule has 0 aromatic heterocycles. The molecule has 28 heavy (non-hydrogen) atoms. The second-order valence-corrected chi connectivity index (χ2v) is 10.3. The average Bonchev–Trinajstić information content (AvgIpc) is 3.47. The Morgan fingerprint density at radius 2 is 1.71 bits per heavy atom. The van der Waals surface area contributed by atoms with E-state index >= 15 is 0 Å². The molecule has 1 saturated carbocycles. The van der Waals surface area contributed by atoms with E-state index in [4.69, 9.17) is 0 Å². The number of hydrogen-bond acceptors (Lipinski definition) is 4. The quantitative estimate of drug-likeness (QED) is 0.755. The zero-order valence-corrected chi connectivity index (χ0v) is 17.3. The molecule has 1 amide bonds. The topological polar surface area (TPSA) is 69.7 Å². The predicted molar refractivity (Wildman–Crippen MR) is 109 cm³/mol. The van der Waals surface area contributed by atoms with E-state index in [1.54, 1.807) is 16.4 Å². The van der Waals surface area contributed by atoms with Gasteiger partial charge in [-0.15, -0.1) is 0 Å². The average molecular weight is 406 g/mol. The van der Waals surface area contributed by atoms with Gasteiger partial charge in [-0.2, -0.15) is 4.31 Å². The summed E-state index contributed by atoms with van der Waals surface area (Å²) in [6.07, 6.45) is 7.72. The van der Waals surface area contributed by atoms with Crippen LogP contribution in [0.15, 0.2) is 29.2 Å². The molecule has 2 saturated heterocycles. The van der Waals surface area contributed by atoms with Gasteiger partial charge in [0, 0.05) is 44.7 Å². The van der Waals surface area contributed by atoms with Gasteiger partial charge in [0.25, 0.3) is 0 Å². The van der Waals surface area contributed by atoms with E-state index in [-0.39, 0.29) is 11.9 Å². The highest BCUT2D eigenvalue weighted by Gasteiger charge is 2.34. The number of hydrogen-bond donors (Lipinski definition) is 1. The van der Waals surface area contributed by atoms with Crippen LogP contribution in [0.3, 0.4) is 0 Å². The molecule has 0 spiro atoms. The number of likely N-dealkylation sites (tertiary alicyclic amines) is 1. The van der Waals surface area contributed by atoms with Gasteiger partial charge in [0.15, 0.2) is 0 Å². The van der Waals surface area contributed by atoms with E-state index in [0.29, 0.717) is 30.8 Å². The summed E-state index contributed by atoms with van der Waals surface area (Å²) in [5.41, 5.74) is 0.999. The Labute approximate surface area is 168 Å². The van der Waals surface area contributed by atoms with E-state index in [9.17, 15) is 13.2 Å². The van der Waals surface area contributed by atoms with E-state index in [1.807, 2.05) is 12.1 Å². The maximum absolute atomic E-state index is 12.7. The molecule has 1 atom stereocenters. The van der Waals surface area contributed by atoms with Crippen molar-refractivity contribution in [2.75, 3.05) is 26.2 Å². The lowest BCUT2D eigenvalue weighted by Crippen LogP contribution is -2.37. The van der Waals surface area contributed by atoms with E-state index < -0.39 is 10.0 Å². The Bertz CT molecular complexity index is 784. The molecule has 1 N–H and O–H groups in total. The van der Waals surface area contributed by atoms with Gasteiger partial charge < -0.3 is 5.32 Å². The highest BCUT2D eigenvalue weighted by atomic mass is 32.2. The number of carbonyl (C=O) groups excluding carboxylic acids is 1. The lowest BCUT2D eigenvalue weighted by Gasteiger charge is -2.25. The Balaban J connectivity index is 1.25. The Morgan fingerprint density at radius 3 is 2.39 bits per heavy atom. The number of amides is 1. The predicted octanol–water partition coefficient (Wildman–Crippen LogP) is 2.15. The largest absolute Gasteiger partial charge is 0.352 e. The number of rotatable bonds is 7. The van der Waals surface area contributed by atoms with E-state index in [0.717, 1.165) is 50.4 Å². The third kappa shape index (κ3) is 4.75. The fourth-order valence-electron chi connectivity index (χ4n) is 4.32. The number of piperidine rings is 1. The number of carbonyl (C=O) groups is 1.